The lowest BCUT2D eigenvalue weighted by molar-refractivity contribution is -0.201. The Balaban J connectivity index is 3.78. The fourth-order valence-electron chi connectivity index (χ4n) is 0.960. The van der Waals surface area contributed by atoms with Gasteiger partial charge in [-0.2, -0.15) is 0 Å². The topological polar surface area (TPSA) is 27.7 Å². The molecule has 0 amide bonds. The van der Waals surface area contributed by atoms with E-state index >= 15 is 0 Å². The van der Waals surface area contributed by atoms with Crippen LogP contribution >= 0.6 is 22.5 Å². The van der Waals surface area contributed by atoms with Crippen molar-refractivity contribution in [2.45, 2.75) is 51.1 Å². The quantitative estimate of drug-likeness (QED) is 0.301. The summed E-state index contributed by atoms with van der Waals surface area (Å²) in [6.07, 6.45) is 1.64. The van der Waals surface area contributed by atoms with E-state index in [1.165, 1.54) is 0 Å². The van der Waals surface area contributed by atoms with E-state index in [-0.39, 0.29) is 12.6 Å². The Bertz CT molecular complexity index is 147. The monoisotopic (exact) mass is 270 g/mol. The van der Waals surface area contributed by atoms with Crippen LogP contribution in [-0.2, 0) is 13.9 Å². The molecule has 0 bridgehead atoms. The first-order chi connectivity index (χ1) is 7.17. The van der Waals surface area contributed by atoms with Gasteiger partial charge in [-0.05, 0) is 19.8 Å². The minimum Gasteiger partial charge on any atom is -0.398 e. The molecule has 0 fully saturated rings. The SMILES string of the molecule is CCC(O[SiH2]C(CC)SS)OC(C)OC. The van der Waals surface area contributed by atoms with Crippen molar-refractivity contribution >= 4 is 32.2 Å². The van der Waals surface area contributed by atoms with E-state index in [9.17, 15) is 0 Å². The van der Waals surface area contributed by atoms with Gasteiger partial charge in [0.2, 0.25) is 0 Å². The van der Waals surface area contributed by atoms with Crippen molar-refractivity contribution < 1.29 is 13.9 Å². The fourth-order valence-corrected chi connectivity index (χ4v) is 3.56. The first kappa shape index (κ1) is 15.8. The Morgan fingerprint density at radius 3 is 2.40 bits per heavy atom. The lowest BCUT2D eigenvalue weighted by Gasteiger charge is -2.22. The van der Waals surface area contributed by atoms with Crippen molar-refractivity contribution in [1.29, 1.82) is 0 Å². The van der Waals surface area contributed by atoms with Crippen LogP contribution in [0.4, 0.5) is 0 Å². The Labute approximate surface area is 104 Å². The largest absolute Gasteiger partial charge is 0.398 e. The summed E-state index contributed by atoms with van der Waals surface area (Å²) in [5.74, 6) is 0. The van der Waals surface area contributed by atoms with Crippen LogP contribution in [0.2, 0.25) is 0 Å². The zero-order chi connectivity index (χ0) is 11.7. The van der Waals surface area contributed by atoms with Crippen LogP contribution in [0, 0.1) is 0 Å². The molecule has 3 nitrogen and oxygen atoms in total. The second-order valence-electron chi connectivity index (χ2n) is 3.25. The fraction of sp³-hybridized carbons (Fsp3) is 1.00. The van der Waals surface area contributed by atoms with Gasteiger partial charge in [-0.3, -0.25) is 0 Å². The summed E-state index contributed by atoms with van der Waals surface area (Å²) >= 11 is 4.22. The first-order valence-electron chi connectivity index (χ1n) is 5.27. The Morgan fingerprint density at radius 2 is 2.00 bits per heavy atom. The van der Waals surface area contributed by atoms with Crippen molar-refractivity contribution in [3.63, 3.8) is 0 Å². The van der Waals surface area contributed by atoms with Crippen LogP contribution < -0.4 is 0 Å². The molecule has 15 heavy (non-hydrogen) atoms. The van der Waals surface area contributed by atoms with Crippen LogP contribution in [0.25, 0.3) is 0 Å². The maximum absolute atomic E-state index is 5.77. The van der Waals surface area contributed by atoms with Gasteiger partial charge in [-0.25, -0.2) is 0 Å². The average molecular weight is 270 g/mol. The van der Waals surface area contributed by atoms with Gasteiger partial charge in [0.15, 0.2) is 16.1 Å². The summed E-state index contributed by atoms with van der Waals surface area (Å²) in [7, 11) is 2.65. The van der Waals surface area contributed by atoms with Crippen molar-refractivity contribution in [2.24, 2.45) is 0 Å². The van der Waals surface area contributed by atoms with Gasteiger partial charge >= 0.3 is 0 Å². The molecule has 6 heteroatoms. The van der Waals surface area contributed by atoms with Crippen LogP contribution in [-0.4, -0.2) is 34.3 Å². The Hall–Kier alpha value is 0.797. The molecule has 0 aromatic carbocycles. The first-order valence-corrected chi connectivity index (χ1v) is 8.60. The predicted molar refractivity (Wildman–Crippen MR) is 71.9 cm³/mol. The summed E-state index contributed by atoms with van der Waals surface area (Å²) in [4.78, 5) is 0.559. The number of hydrogen-bond donors (Lipinski definition) is 1. The van der Waals surface area contributed by atoms with E-state index in [0.717, 1.165) is 12.8 Å². The average Bonchev–Trinajstić information content (AvgIpc) is 2.28. The van der Waals surface area contributed by atoms with Crippen LogP contribution in [0.5, 0.6) is 0 Å². The highest BCUT2D eigenvalue weighted by Crippen LogP contribution is 2.18. The third-order valence-electron chi connectivity index (χ3n) is 2.08. The molecule has 0 aliphatic rings. The highest BCUT2D eigenvalue weighted by Gasteiger charge is 2.14. The molecule has 0 aromatic heterocycles. The maximum atomic E-state index is 5.77. The van der Waals surface area contributed by atoms with Crippen molar-refractivity contribution in [3.05, 3.63) is 0 Å². The molecule has 0 rings (SSSR count). The van der Waals surface area contributed by atoms with E-state index in [1.807, 2.05) is 6.92 Å². The van der Waals surface area contributed by atoms with Crippen molar-refractivity contribution in [1.82, 2.24) is 0 Å². The number of thiol groups is 1. The van der Waals surface area contributed by atoms with Gasteiger partial charge in [-0.1, -0.05) is 24.6 Å². The molecular weight excluding hydrogens is 248 g/mol. The molecule has 0 aliphatic heterocycles. The normalized spacial score (nSPS) is 18.2. The number of ether oxygens (including phenoxy) is 2. The van der Waals surface area contributed by atoms with Crippen molar-refractivity contribution in [2.75, 3.05) is 7.11 Å². The molecule has 92 valence electrons. The number of methoxy groups -OCH3 is 1. The summed E-state index contributed by atoms with van der Waals surface area (Å²) in [6, 6.07) is 0. The minimum absolute atomic E-state index is 0.124. The highest BCUT2D eigenvalue weighted by molar-refractivity contribution is 8.69. The van der Waals surface area contributed by atoms with E-state index < -0.39 is 9.76 Å². The highest BCUT2D eigenvalue weighted by atomic mass is 33.1. The predicted octanol–water partition coefficient (Wildman–Crippen LogP) is 2.15. The molecule has 0 saturated carbocycles. The maximum Gasteiger partial charge on any atom is 0.178 e. The molecule has 0 spiro atoms. The van der Waals surface area contributed by atoms with Crippen molar-refractivity contribution in [3.8, 4) is 0 Å². The van der Waals surface area contributed by atoms with E-state index in [4.69, 9.17) is 13.9 Å². The lowest BCUT2D eigenvalue weighted by Crippen LogP contribution is -2.28. The molecule has 0 aromatic rings. The minimum atomic E-state index is -0.578. The second-order valence-corrected chi connectivity index (χ2v) is 7.00. The zero-order valence-electron chi connectivity index (χ0n) is 9.93. The molecule has 0 aliphatic carbocycles. The van der Waals surface area contributed by atoms with Gasteiger partial charge in [0.05, 0.1) is 0 Å². The van der Waals surface area contributed by atoms with E-state index in [1.54, 1.807) is 17.9 Å². The smallest absolute Gasteiger partial charge is 0.178 e. The molecule has 0 heterocycles. The molecule has 0 N–H and O–H groups in total. The summed E-state index contributed by atoms with van der Waals surface area (Å²) < 4.78 is 16.4. The summed E-state index contributed by atoms with van der Waals surface area (Å²) in [6.45, 7) is 6.08. The van der Waals surface area contributed by atoms with E-state index in [0.29, 0.717) is 4.87 Å². The molecule has 0 radical (unpaired) electrons. The van der Waals surface area contributed by atoms with Gasteiger partial charge in [0.1, 0.15) is 6.29 Å². The molecular formula is C9H22O3S2Si. The van der Waals surface area contributed by atoms with Gasteiger partial charge in [0.25, 0.3) is 0 Å². The third kappa shape index (κ3) is 7.65. The van der Waals surface area contributed by atoms with Gasteiger partial charge in [-0.15, -0.1) is 11.7 Å². The lowest BCUT2D eigenvalue weighted by atomic mass is 10.5. The molecule has 3 atom stereocenters. The summed E-state index contributed by atoms with van der Waals surface area (Å²) in [5.41, 5.74) is 0. The van der Waals surface area contributed by atoms with Crippen LogP contribution in [0.3, 0.4) is 0 Å². The van der Waals surface area contributed by atoms with Crippen LogP contribution in [0.1, 0.15) is 33.6 Å². The van der Waals surface area contributed by atoms with Gasteiger partial charge in [0, 0.05) is 12.0 Å². The third-order valence-corrected chi connectivity index (χ3v) is 6.87. The second kappa shape index (κ2) is 9.98. The Morgan fingerprint density at radius 1 is 1.33 bits per heavy atom. The standard InChI is InChI=1S/C9H22O3S2Si/c1-5-8(11-7(3)10-4)12-15-9(6-2)14-13/h7-9,13H,5-6,15H2,1-4H3. The van der Waals surface area contributed by atoms with Crippen LogP contribution in [0.15, 0.2) is 0 Å². The Kier molecular flexibility index (Phi) is 10.5. The molecule has 3 unspecified atom stereocenters. The van der Waals surface area contributed by atoms with Gasteiger partial charge < -0.3 is 13.9 Å². The number of hydrogen-bond acceptors (Lipinski definition) is 5. The number of rotatable bonds is 9. The zero-order valence-corrected chi connectivity index (χ0v) is 13.1. The summed E-state index contributed by atoms with van der Waals surface area (Å²) in [5, 5.41) is 0. The van der Waals surface area contributed by atoms with E-state index in [2.05, 4.69) is 25.5 Å². The molecule has 0 saturated heterocycles.